The minimum atomic E-state index is -1.16. The van der Waals surface area contributed by atoms with Crippen LogP contribution in [0.4, 0.5) is 10.5 Å². The first-order valence-corrected chi connectivity index (χ1v) is 6.89. The number of amides is 1. The van der Waals surface area contributed by atoms with Crippen molar-refractivity contribution in [3.8, 4) is 0 Å². The molecule has 0 unspecified atom stereocenters. The second-order valence-electron chi connectivity index (χ2n) is 5.72. The quantitative estimate of drug-likeness (QED) is 0.582. The lowest BCUT2D eigenvalue weighted by molar-refractivity contribution is -0.131. The van der Waals surface area contributed by atoms with Gasteiger partial charge in [-0.1, -0.05) is 12.1 Å². The van der Waals surface area contributed by atoms with Gasteiger partial charge in [-0.3, -0.25) is 10.3 Å². The van der Waals surface area contributed by atoms with E-state index in [0.717, 1.165) is 0 Å². The number of anilines is 1. The third kappa shape index (κ3) is 5.82. The predicted octanol–water partition coefficient (Wildman–Crippen LogP) is 2.49. The lowest BCUT2D eigenvalue weighted by atomic mass is 10.1. The summed E-state index contributed by atoms with van der Waals surface area (Å²) >= 11 is 0. The van der Waals surface area contributed by atoms with Crippen LogP contribution in [0.2, 0.25) is 0 Å². The third-order valence-corrected chi connectivity index (χ3v) is 2.62. The number of carbonyl (C=O) groups excluding carboxylic acids is 1. The van der Waals surface area contributed by atoms with Gasteiger partial charge in [0.2, 0.25) is 0 Å². The number of nitrogens with one attached hydrogen (secondary N) is 1. The zero-order valence-electron chi connectivity index (χ0n) is 13.6. The molecule has 1 rings (SSSR count). The zero-order chi connectivity index (χ0) is 17.6. The minimum Gasteiger partial charge on any atom is -0.478 e. The molecule has 0 spiro atoms. The Labute approximate surface area is 134 Å². The highest BCUT2D eigenvalue weighted by atomic mass is 16.6. The number of hydrogen-bond donors (Lipinski definition) is 3. The highest BCUT2D eigenvalue weighted by Gasteiger charge is 2.16. The van der Waals surface area contributed by atoms with Crippen LogP contribution in [0.3, 0.4) is 0 Å². The average molecular weight is 319 g/mol. The Morgan fingerprint density at radius 1 is 1.26 bits per heavy atom. The maximum Gasteiger partial charge on any atom is 0.412 e. The van der Waals surface area contributed by atoms with Gasteiger partial charge in [0.25, 0.3) is 0 Å². The van der Waals surface area contributed by atoms with Gasteiger partial charge in [-0.25, -0.2) is 9.59 Å². The molecule has 0 heterocycles. The molecule has 23 heavy (non-hydrogen) atoms. The number of aliphatic imine (C=N–C) groups is 1. The summed E-state index contributed by atoms with van der Waals surface area (Å²) in [7, 11) is 1.46. The topological polar surface area (TPSA) is 114 Å². The van der Waals surface area contributed by atoms with E-state index in [4.69, 9.17) is 15.6 Å². The number of benzene rings is 1. The summed E-state index contributed by atoms with van der Waals surface area (Å²) in [5.41, 5.74) is 6.28. The maximum atomic E-state index is 11.7. The number of hydrogen-bond acceptors (Lipinski definition) is 5. The second kappa shape index (κ2) is 7.44. The lowest BCUT2D eigenvalue weighted by Crippen LogP contribution is -2.27. The van der Waals surface area contributed by atoms with E-state index in [9.17, 15) is 9.59 Å². The van der Waals surface area contributed by atoms with Crippen molar-refractivity contribution in [2.45, 2.75) is 26.4 Å². The van der Waals surface area contributed by atoms with Gasteiger partial charge < -0.3 is 15.6 Å². The Kier molecular flexibility index (Phi) is 5.89. The van der Waals surface area contributed by atoms with Crippen LogP contribution in [0.15, 0.2) is 34.8 Å². The molecule has 1 amide bonds. The number of rotatable bonds is 4. The van der Waals surface area contributed by atoms with Crippen molar-refractivity contribution in [1.82, 2.24) is 0 Å². The highest BCUT2D eigenvalue weighted by molar-refractivity contribution is 6.14. The van der Waals surface area contributed by atoms with Crippen LogP contribution < -0.4 is 11.1 Å². The summed E-state index contributed by atoms with van der Waals surface area (Å²) in [4.78, 5) is 26.5. The van der Waals surface area contributed by atoms with E-state index in [0.29, 0.717) is 11.3 Å². The Morgan fingerprint density at radius 2 is 1.83 bits per heavy atom. The zero-order valence-corrected chi connectivity index (χ0v) is 13.6. The van der Waals surface area contributed by atoms with Gasteiger partial charge in [-0.05, 0) is 38.5 Å². The van der Waals surface area contributed by atoms with Crippen LogP contribution in [0.25, 0.3) is 5.70 Å². The number of carboxylic acids is 1. The first-order valence-electron chi connectivity index (χ1n) is 6.89. The lowest BCUT2D eigenvalue weighted by Gasteiger charge is -2.19. The van der Waals surface area contributed by atoms with Crippen LogP contribution in [-0.2, 0) is 9.53 Å². The first kappa shape index (κ1) is 18.2. The fraction of sp³-hybridized carbons (Fsp3) is 0.312. The van der Waals surface area contributed by atoms with Gasteiger partial charge in [0.15, 0.2) is 0 Å². The molecular formula is C16H21N3O4. The number of carbonyl (C=O) groups is 2. The standard InChI is InChI=1S/C16H21N3O4/c1-16(2,3)23-15(22)19-11-7-5-10(6-8-11)13(17)12(9-18-4)14(20)21/h5-9H,17H2,1-4H3,(H,19,22)(H,20,21). The smallest absolute Gasteiger partial charge is 0.412 e. The normalized spacial score (nSPS) is 12.7. The van der Waals surface area contributed by atoms with Gasteiger partial charge in [0, 0.05) is 18.9 Å². The highest BCUT2D eigenvalue weighted by Crippen LogP contribution is 2.17. The molecule has 1 aromatic rings. The van der Waals surface area contributed by atoms with E-state index in [1.165, 1.54) is 13.3 Å². The molecule has 0 saturated carbocycles. The Morgan fingerprint density at radius 3 is 2.26 bits per heavy atom. The molecule has 124 valence electrons. The molecule has 0 aromatic heterocycles. The number of ether oxygens (including phenoxy) is 1. The summed E-state index contributed by atoms with van der Waals surface area (Å²) in [6, 6.07) is 6.42. The van der Waals surface area contributed by atoms with Crippen LogP contribution in [0, 0.1) is 0 Å². The fourth-order valence-corrected chi connectivity index (χ4v) is 1.68. The van der Waals surface area contributed by atoms with Gasteiger partial charge >= 0.3 is 12.1 Å². The van der Waals surface area contributed by atoms with E-state index in [1.54, 1.807) is 45.0 Å². The summed E-state index contributed by atoms with van der Waals surface area (Å²) in [5, 5.41) is 11.7. The number of carboxylic acid groups (broad SMARTS) is 1. The summed E-state index contributed by atoms with van der Waals surface area (Å²) in [6.45, 7) is 5.30. The van der Waals surface area contributed by atoms with Crippen molar-refractivity contribution in [3.63, 3.8) is 0 Å². The van der Waals surface area contributed by atoms with Crippen LogP contribution in [-0.4, -0.2) is 36.0 Å². The largest absolute Gasteiger partial charge is 0.478 e. The summed E-state index contributed by atoms with van der Waals surface area (Å²) < 4.78 is 5.14. The molecule has 4 N–H and O–H groups in total. The molecule has 1 aromatic carbocycles. The van der Waals surface area contributed by atoms with Crippen molar-refractivity contribution >= 4 is 29.7 Å². The second-order valence-corrected chi connectivity index (χ2v) is 5.72. The van der Waals surface area contributed by atoms with Crippen LogP contribution >= 0.6 is 0 Å². The Bertz CT molecular complexity index is 640. The van der Waals surface area contributed by atoms with E-state index in [2.05, 4.69) is 10.3 Å². The molecule has 0 atom stereocenters. The molecule has 7 heteroatoms. The number of aliphatic carboxylic acids is 1. The van der Waals surface area contributed by atoms with Crippen LogP contribution in [0.1, 0.15) is 26.3 Å². The third-order valence-electron chi connectivity index (χ3n) is 2.62. The van der Waals surface area contributed by atoms with E-state index in [-0.39, 0.29) is 11.3 Å². The van der Waals surface area contributed by atoms with Gasteiger partial charge in [-0.15, -0.1) is 0 Å². The minimum absolute atomic E-state index is 0.0897. The molecule has 7 nitrogen and oxygen atoms in total. The molecule has 0 bridgehead atoms. The summed E-state index contributed by atoms with van der Waals surface area (Å²) in [5.74, 6) is -1.16. The Hall–Kier alpha value is -2.83. The van der Waals surface area contributed by atoms with Crippen molar-refractivity contribution in [2.24, 2.45) is 10.7 Å². The summed E-state index contributed by atoms with van der Waals surface area (Å²) in [6.07, 6.45) is 0.614. The predicted molar refractivity (Wildman–Crippen MR) is 89.5 cm³/mol. The molecule has 0 fully saturated rings. The van der Waals surface area contributed by atoms with E-state index >= 15 is 0 Å². The molecule has 0 aliphatic carbocycles. The first-order chi connectivity index (χ1) is 10.6. The maximum absolute atomic E-state index is 11.7. The average Bonchev–Trinajstić information content (AvgIpc) is 2.42. The van der Waals surface area contributed by atoms with Gasteiger partial charge in [0.05, 0.1) is 5.70 Å². The molecule has 0 aliphatic rings. The monoisotopic (exact) mass is 319 g/mol. The van der Waals surface area contributed by atoms with Crippen molar-refractivity contribution in [1.29, 1.82) is 0 Å². The number of nitrogens with two attached hydrogens (primary N) is 1. The van der Waals surface area contributed by atoms with Crippen LogP contribution in [0.5, 0.6) is 0 Å². The molecule has 0 radical (unpaired) electrons. The fourth-order valence-electron chi connectivity index (χ4n) is 1.68. The number of nitrogens with zero attached hydrogens (tertiary/aromatic N) is 1. The van der Waals surface area contributed by atoms with Gasteiger partial charge in [-0.2, -0.15) is 0 Å². The molecule has 0 saturated heterocycles. The van der Waals surface area contributed by atoms with Crippen molar-refractivity contribution in [2.75, 3.05) is 12.4 Å². The van der Waals surface area contributed by atoms with E-state index in [1.807, 2.05) is 0 Å². The Balaban J connectivity index is 2.94. The van der Waals surface area contributed by atoms with E-state index < -0.39 is 17.7 Å². The van der Waals surface area contributed by atoms with Crippen molar-refractivity contribution < 1.29 is 19.4 Å². The SMILES string of the molecule is CN=CC(C(=O)O)=C(N)c1ccc(NC(=O)OC(C)(C)C)cc1. The van der Waals surface area contributed by atoms with Crippen molar-refractivity contribution in [3.05, 3.63) is 35.4 Å². The molecule has 0 aliphatic heterocycles. The van der Waals surface area contributed by atoms with Gasteiger partial charge in [0.1, 0.15) is 11.2 Å². The molecular weight excluding hydrogens is 298 g/mol.